The molecule has 0 aliphatic carbocycles. The zero-order chi connectivity index (χ0) is 22.3. The molecule has 1 spiro atoms. The van der Waals surface area contributed by atoms with Gasteiger partial charge in [0, 0.05) is 34.6 Å². The average Bonchev–Trinajstić information content (AvgIpc) is 3.10. The van der Waals surface area contributed by atoms with E-state index < -0.39 is 16.4 Å². The standard InChI is InChI=1S/C24H15N5O3/c25-14-17-13-24(19-5-1-3-7-21(19)27-22-8-4-2-6-20(22)24)28(23(17)30)26-15-16-9-11-18(12-10-16)29(31)32/h1-13,15,27H/b26-15+. The molecule has 3 aromatic rings. The molecule has 8 nitrogen and oxygen atoms in total. The van der Waals surface area contributed by atoms with Gasteiger partial charge in [-0.05, 0) is 35.9 Å². The Hall–Kier alpha value is -4.77. The Morgan fingerprint density at radius 1 is 1.00 bits per heavy atom. The Balaban J connectivity index is 1.68. The van der Waals surface area contributed by atoms with Gasteiger partial charge in [-0.15, -0.1) is 0 Å². The SMILES string of the molecule is N#CC1=CC2(c3ccccc3Nc3ccccc32)N(/N=C/c2ccc([N+](=O)[O-])cc2)C1=O. The lowest BCUT2D eigenvalue weighted by molar-refractivity contribution is -0.384. The Bertz CT molecular complexity index is 1320. The molecule has 32 heavy (non-hydrogen) atoms. The summed E-state index contributed by atoms with van der Waals surface area (Å²) in [5.74, 6) is -0.517. The Labute approximate surface area is 182 Å². The number of nitro benzene ring substituents is 1. The van der Waals surface area contributed by atoms with Crippen molar-refractivity contribution in [3.05, 3.63) is 111 Å². The number of nitrogens with one attached hydrogen (secondary N) is 1. The molecule has 3 aromatic carbocycles. The number of non-ortho nitro benzene ring substituents is 1. The van der Waals surface area contributed by atoms with E-state index in [4.69, 9.17) is 0 Å². The van der Waals surface area contributed by atoms with Crippen molar-refractivity contribution >= 4 is 29.2 Å². The van der Waals surface area contributed by atoms with Gasteiger partial charge >= 0.3 is 0 Å². The first-order valence-corrected chi connectivity index (χ1v) is 9.76. The quantitative estimate of drug-likeness (QED) is 0.387. The lowest BCUT2D eigenvalue weighted by Crippen LogP contribution is -2.44. The molecule has 0 fully saturated rings. The van der Waals surface area contributed by atoms with Crippen molar-refractivity contribution in [3.8, 4) is 6.07 Å². The topological polar surface area (TPSA) is 112 Å². The summed E-state index contributed by atoms with van der Waals surface area (Å²) < 4.78 is 0. The van der Waals surface area contributed by atoms with E-state index in [-0.39, 0.29) is 11.3 Å². The summed E-state index contributed by atoms with van der Waals surface area (Å²) in [6.45, 7) is 0. The molecule has 0 bridgehead atoms. The van der Waals surface area contributed by atoms with E-state index in [1.54, 1.807) is 18.2 Å². The number of anilines is 2. The van der Waals surface area contributed by atoms with Crippen molar-refractivity contribution in [3.63, 3.8) is 0 Å². The molecular weight excluding hydrogens is 406 g/mol. The molecule has 2 heterocycles. The number of hydrazone groups is 1. The summed E-state index contributed by atoms with van der Waals surface area (Å²) in [4.78, 5) is 23.6. The van der Waals surface area contributed by atoms with Crippen LogP contribution in [0.15, 0.2) is 89.5 Å². The molecule has 1 N–H and O–H groups in total. The molecular formula is C24H15N5O3. The first-order chi connectivity index (χ1) is 15.5. The second-order valence-corrected chi connectivity index (χ2v) is 7.36. The minimum atomic E-state index is -1.10. The maximum absolute atomic E-state index is 13.2. The number of amides is 1. The third-order valence-electron chi connectivity index (χ3n) is 5.60. The normalized spacial score (nSPS) is 15.7. The van der Waals surface area contributed by atoms with Crippen LogP contribution >= 0.6 is 0 Å². The van der Waals surface area contributed by atoms with Gasteiger partial charge in [-0.25, -0.2) is 5.01 Å². The monoisotopic (exact) mass is 421 g/mol. The first-order valence-electron chi connectivity index (χ1n) is 9.76. The Morgan fingerprint density at radius 2 is 1.59 bits per heavy atom. The third kappa shape index (κ3) is 2.76. The summed E-state index contributed by atoms with van der Waals surface area (Å²) in [5.41, 5.74) is 2.64. The van der Waals surface area contributed by atoms with E-state index in [1.165, 1.54) is 23.4 Å². The number of hydrogen-bond donors (Lipinski definition) is 1. The number of para-hydroxylation sites is 2. The van der Waals surface area contributed by atoms with Crippen molar-refractivity contribution in [1.29, 1.82) is 5.26 Å². The minimum Gasteiger partial charge on any atom is -0.355 e. The van der Waals surface area contributed by atoms with Crippen LogP contribution in [0.1, 0.15) is 16.7 Å². The van der Waals surface area contributed by atoms with Gasteiger partial charge in [0.2, 0.25) is 0 Å². The fourth-order valence-corrected chi connectivity index (χ4v) is 4.16. The van der Waals surface area contributed by atoms with Crippen molar-refractivity contribution < 1.29 is 9.72 Å². The second kappa shape index (κ2) is 7.18. The van der Waals surface area contributed by atoms with Crippen LogP contribution in [0.2, 0.25) is 0 Å². The maximum Gasteiger partial charge on any atom is 0.285 e. The lowest BCUT2D eigenvalue weighted by atomic mass is 9.78. The molecule has 154 valence electrons. The molecule has 1 amide bonds. The molecule has 5 rings (SSSR count). The average molecular weight is 421 g/mol. The number of benzene rings is 3. The highest BCUT2D eigenvalue weighted by atomic mass is 16.6. The van der Waals surface area contributed by atoms with E-state index in [0.29, 0.717) is 5.56 Å². The number of carbonyl (C=O) groups is 1. The third-order valence-corrected chi connectivity index (χ3v) is 5.60. The van der Waals surface area contributed by atoms with E-state index in [0.717, 1.165) is 22.5 Å². The van der Waals surface area contributed by atoms with Crippen LogP contribution in [0.25, 0.3) is 0 Å². The summed E-state index contributed by atoms with van der Waals surface area (Å²) in [6, 6.07) is 23.0. The maximum atomic E-state index is 13.2. The van der Waals surface area contributed by atoms with Gasteiger partial charge in [-0.3, -0.25) is 14.9 Å². The summed E-state index contributed by atoms with van der Waals surface area (Å²) >= 11 is 0. The number of fused-ring (bicyclic) bond motifs is 4. The van der Waals surface area contributed by atoms with Gasteiger partial charge in [0.05, 0.1) is 11.1 Å². The number of nitro groups is 1. The molecule has 2 aliphatic rings. The van der Waals surface area contributed by atoms with Gasteiger partial charge in [-0.1, -0.05) is 36.4 Å². The largest absolute Gasteiger partial charge is 0.355 e. The lowest BCUT2D eigenvalue weighted by Gasteiger charge is -2.41. The van der Waals surface area contributed by atoms with Gasteiger partial charge in [0.15, 0.2) is 0 Å². The number of nitrogens with zero attached hydrogens (tertiary/aromatic N) is 4. The van der Waals surface area contributed by atoms with E-state index in [1.807, 2.05) is 54.6 Å². The van der Waals surface area contributed by atoms with Gasteiger partial charge in [0.25, 0.3) is 11.6 Å². The van der Waals surface area contributed by atoms with Crippen LogP contribution in [0.5, 0.6) is 0 Å². The second-order valence-electron chi connectivity index (χ2n) is 7.36. The van der Waals surface area contributed by atoms with Crippen molar-refractivity contribution in [1.82, 2.24) is 5.01 Å². The van der Waals surface area contributed by atoms with Gasteiger partial charge in [-0.2, -0.15) is 10.4 Å². The highest BCUT2D eigenvalue weighted by Gasteiger charge is 2.52. The number of nitriles is 1. The van der Waals surface area contributed by atoms with Crippen molar-refractivity contribution in [2.24, 2.45) is 5.10 Å². The summed E-state index contributed by atoms with van der Waals surface area (Å²) in [5, 5.41) is 29.7. The highest BCUT2D eigenvalue weighted by molar-refractivity contribution is 6.03. The Morgan fingerprint density at radius 3 is 2.16 bits per heavy atom. The van der Waals surface area contributed by atoms with E-state index >= 15 is 0 Å². The minimum absolute atomic E-state index is 0.00245. The van der Waals surface area contributed by atoms with Crippen LogP contribution < -0.4 is 5.32 Å². The summed E-state index contributed by atoms with van der Waals surface area (Å²) in [7, 11) is 0. The predicted molar refractivity (Wildman–Crippen MR) is 118 cm³/mol. The molecule has 0 unspecified atom stereocenters. The van der Waals surface area contributed by atoms with E-state index in [2.05, 4.69) is 10.4 Å². The van der Waals surface area contributed by atoms with Crippen molar-refractivity contribution in [2.45, 2.75) is 5.54 Å². The smallest absolute Gasteiger partial charge is 0.285 e. The fraction of sp³-hybridized carbons (Fsp3) is 0.0417. The fourth-order valence-electron chi connectivity index (χ4n) is 4.16. The first kappa shape index (κ1) is 19.2. The van der Waals surface area contributed by atoms with Crippen LogP contribution in [0.3, 0.4) is 0 Å². The van der Waals surface area contributed by atoms with Crippen LogP contribution in [-0.2, 0) is 10.3 Å². The Kier molecular flexibility index (Phi) is 4.31. The van der Waals surface area contributed by atoms with Gasteiger partial charge < -0.3 is 5.32 Å². The van der Waals surface area contributed by atoms with Crippen molar-refractivity contribution in [2.75, 3.05) is 5.32 Å². The number of hydrogen-bond acceptors (Lipinski definition) is 6. The molecule has 2 aliphatic heterocycles. The van der Waals surface area contributed by atoms with Gasteiger partial charge in [0.1, 0.15) is 17.2 Å². The predicted octanol–water partition coefficient (Wildman–Crippen LogP) is 4.22. The zero-order valence-corrected chi connectivity index (χ0v) is 16.6. The molecule has 0 atom stereocenters. The molecule has 8 heteroatoms. The molecule has 0 radical (unpaired) electrons. The number of carbonyl (C=O) groups excluding carboxylic acids is 1. The highest BCUT2D eigenvalue weighted by Crippen LogP contribution is 2.51. The van der Waals surface area contributed by atoms with Crippen LogP contribution in [0, 0.1) is 21.4 Å². The van der Waals surface area contributed by atoms with E-state index in [9.17, 15) is 20.2 Å². The number of rotatable bonds is 3. The molecule has 0 saturated carbocycles. The molecule has 0 aromatic heterocycles. The molecule has 0 saturated heterocycles. The zero-order valence-electron chi connectivity index (χ0n) is 16.6. The van der Waals surface area contributed by atoms with Crippen LogP contribution in [-0.4, -0.2) is 22.1 Å². The summed E-state index contributed by atoms with van der Waals surface area (Å²) in [6.07, 6.45) is 3.12. The van der Waals surface area contributed by atoms with Crippen LogP contribution in [0.4, 0.5) is 17.1 Å².